The van der Waals surface area contributed by atoms with Gasteiger partial charge in [-0.15, -0.1) is 11.3 Å². The van der Waals surface area contributed by atoms with Crippen molar-refractivity contribution in [2.45, 2.75) is 65.0 Å². The fourth-order valence-corrected chi connectivity index (χ4v) is 3.31. The molecule has 1 aliphatic heterocycles. The summed E-state index contributed by atoms with van der Waals surface area (Å²) in [6, 6.07) is 0. The second-order valence-electron chi connectivity index (χ2n) is 6.71. The number of carbonyl (C=O) groups is 1. The maximum absolute atomic E-state index is 11.8. The van der Waals surface area contributed by atoms with Gasteiger partial charge < -0.3 is 14.0 Å². The molecule has 1 saturated heterocycles. The first-order valence-corrected chi connectivity index (χ1v) is 8.25. The maximum Gasteiger partial charge on any atom is 0.468 e. The zero-order valence-corrected chi connectivity index (χ0v) is 15.2. The van der Waals surface area contributed by atoms with E-state index in [-0.39, 0.29) is 18.2 Å². The van der Waals surface area contributed by atoms with Gasteiger partial charge in [0.15, 0.2) is 0 Å². The first kappa shape index (κ1) is 17.4. The number of carbonyl (C=O) groups excluding carboxylic acids is 1. The van der Waals surface area contributed by atoms with Crippen LogP contribution in [-0.2, 0) is 18.8 Å². The lowest BCUT2D eigenvalue weighted by atomic mass is 9.70. The second kappa shape index (κ2) is 5.94. The smallest absolute Gasteiger partial charge is 0.468 e. The third-order valence-corrected chi connectivity index (χ3v) is 5.78. The van der Waals surface area contributed by atoms with Gasteiger partial charge >= 0.3 is 13.1 Å². The molecule has 5 nitrogen and oxygen atoms in total. The number of methoxy groups -OCH3 is 1. The minimum Gasteiger partial charge on any atom is -0.469 e. The molecule has 0 aliphatic carbocycles. The number of esters is 1. The lowest BCUT2D eigenvalue weighted by Gasteiger charge is -2.32. The van der Waals surface area contributed by atoms with E-state index in [9.17, 15) is 4.79 Å². The van der Waals surface area contributed by atoms with E-state index in [1.54, 1.807) is 11.3 Å². The van der Waals surface area contributed by atoms with Gasteiger partial charge in [0.1, 0.15) is 0 Å². The zero-order chi connectivity index (χ0) is 16.7. The van der Waals surface area contributed by atoms with Crippen molar-refractivity contribution in [3.63, 3.8) is 0 Å². The molecule has 22 heavy (non-hydrogen) atoms. The van der Waals surface area contributed by atoms with Crippen molar-refractivity contribution < 1.29 is 18.8 Å². The summed E-state index contributed by atoms with van der Waals surface area (Å²) in [5.74, 6) is -0.545. The van der Waals surface area contributed by atoms with Crippen LogP contribution >= 0.6 is 11.3 Å². The Balaban J connectivity index is 2.32. The molecule has 1 aromatic rings. The van der Waals surface area contributed by atoms with Crippen molar-refractivity contribution >= 4 is 24.4 Å². The standard InChI is InChI=1S/C15H24BNO4S/c1-9-10(2)22-13(17-9)11(8-12(18)19-7)16-20-14(3,4)15(5,6)21-16/h11H,8H2,1-7H3. The number of ether oxygens (including phenoxy) is 1. The molecule has 122 valence electrons. The van der Waals surface area contributed by atoms with Crippen LogP contribution in [0, 0.1) is 13.8 Å². The van der Waals surface area contributed by atoms with E-state index in [0.29, 0.717) is 0 Å². The Hall–Kier alpha value is -0.915. The number of thiazole rings is 1. The van der Waals surface area contributed by atoms with Crippen molar-refractivity contribution in [3.05, 3.63) is 15.6 Å². The third-order valence-electron chi connectivity index (χ3n) is 4.58. The van der Waals surface area contributed by atoms with Gasteiger partial charge in [0.05, 0.1) is 41.3 Å². The number of rotatable bonds is 4. The lowest BCUT2D eigenvalue weighted by molar-refractivity contribution is -0.140. The number of aryl methyl sites for hydroxylation is 2. The third kappa shape index (κ3) is 3.21. The number of aromatic nitrogens is 1. The lowest BCUT2D eigenvalue weighted by Crippen LogP contribution is -2.41. The fraction of sp³-hybridized carbons (Fsp3) is 0.733. The number of hydrogen-bond donors (Lipinski definition) is 0. The summed E-state index contributed by atoms with van der Waals surface area (Å²) in [5.41, 5.74) is 0.104. The second-order valence-corrected chi connectivity index (χ2v) is 7.94. The molecular formula is C15H24BNO4S. The van der Waals surface area contributed by atoms with E-state index in [4.69, 9.17) is 14.0 Å². The Morgan fingerprint density at radius 2 is 1.82 bits per heavy atom. The topological polar surface area (TPSA) is 57.7 Å². The Labute approximate surface area is 136 Å². The van der Waals surface area contributed by atoms with Crippen LogP contribution in [0.25, 0.3) is 0 Å². The predicted octanol–water partition coefficient (Wildman–Crippen LogP) is 3.04. The van der Waals surface area contributed by atoms with Crippen LogP contribution in [0.15, 0.2) is 0 Å². The van der Waals surface area contributed by atoms with E-state index in [0.717, 1.165) is 15.6 Å². The number of hydrogen-bond acceptors (Lipinski definition) is 6. The summed E-state index contributed by atoms with van der Waals surface area (Å²) in [5, 5.41) is 0.860. The largest absolute Gasteiger partial charge is 0.469 e. The van der Waals surface area contributed by atoms with Crippen molar-refractivity contribution in [3.8, 4) is 0 Å². The molecule has 1 atom stereocenters. The quantitative estimate of drug-likeness (QED) is 0.629. The van der Waals surface area contributed by atoms with Gasteiger partial charge in [-0.2, -0.15) is 0 Å². The Bertz CT molecular complexity index is 534. The first-order chi connectivity index (χ1) is 10.1. The minimum absolute atomic E-state index is 0.194. The highest BCUT2D eigenvalue weighted by Gasteiger charge is 2.55. The highest BCUT2D eigenvalue weighted by Crippen LogP contribution is 2.42. The molecule has 2 heterocycles. The van der Waals surface area contributed by atoms with Gasteiger partial charge in [0, 0.05) is 4.88 Å². The molecule has 1 unspecified atom stereocenters. The number of nitrogens with zero attached hydrogens (tertiary/aromatic N) is 1. The van der Waals surface area contributed by atoms with E-state index in [1.165, 1.54) is 7.11 Å². The Morgan fingerprint density at radius 1 is 1.27 bits per heavy atom. The van der Waals surface area contributed by atoms with Crippen molar-refractivity contribution in [1.29, 1.82) is 0 Å². The Morgan fingerprint density at radius 3 is 2.23 bits per heavy atom. The average molecular weight is 325 g/mol. The maximum atomic E-state index is 11.8. The molecule has 0 aromatic carbocycles. The van der Waals surface area contributed by atoms with Crippen LogP contribution in [0.1, 0.15) is 55.5 Å². The normalized spacial score (nSPS) is 21.0. The van der Waals surface area contributed by atoms with Gasteiger partial charge in [0.2, 0.25) is 0 Å². The SMILES string of the molecule is COC(=O)CC(B1OC(C)(C)C(C)(C)O1)c1nc(C)c(C)s1. The van der Waals surface area contributed by atoms with Crippen molar-refractivity contribution in [2.75, 3.05) is 7.11 Å². The molecule has 0 amide bonds. The van der Waals surface area contributed by atoms with Crippen LogP contribution < -0.4 is 0 Å². The van der Waals surface area contributed by atoms with E-state index in [1.807, 2.05) is 41.5 Å². The monoisotopic (exact) mass is 325 g/mol. The minimum atomic E-state index is -0.506. The molecule has 1 aliphatic rings. The van der Waals surface area contributed by atoms with Crippen molar-refractivity contribution in [1.82, 2.24) is 4.98 Å². The molecule has 1 aromatic heterocycles. The molecule has 0 saturated carbocycles. The van der Waals surface area contributed by atoms with Crippen molar-refractivity contribution in [2.24, 2.45) is 0 Å². The molecule has 1 fully saturated rings. The highest BCUT2D eigenvalue weighted by molar-refractivity contribution is 7.12. The molecule has 0 N–H and O–H groups in total. The van der Waals surface area contributed by atoms with Gasteiger partial charge in [-0.25, -0.2) is 4.98 Å². The van der Waals surface area contributed by atoms with Gasteiger partial charge in [-0.05, 0) is 41.5 Å². The first-order valence-electron chi connectivity index (χ1n) is 7.44. The van der Waals surface area contributed by atoms with E-state index in [2.05, 4.69) is 4.98 Å². The summed E-state index contributed by atoms with van der Waals surface area (Å²) in [4.78, 5) is 17.5. The molecule has 0 bridgehead atoms. The van der Waals surface area contributed by atoms with Crippen LogP contribution in [0.5, 0.6) is 0 Å². The zero-order valence-electron chi connectivity index (χ0n) is 14.4. The molecule has 2 rings (SSSR count). The summed E-state index contributed by atoms with van der Waals surface area (Å²) in [7, 11) is 0.885. The molecule has 0 radical (unpaired) electrons. The molecule has 7 heteroatoms. The summed E-state index contributed by atoms with van der Waals surface area (Å²) < 4.78 is 17.1. The van der Waals surface area contributed by atoms with Gasteiger partial charge in [-0.3, -0.25) is 4.79 Å². The van der Waals surface area contributed by atoms with Gasteiger partial charge in [0.25, 0.3) is 0 Å². The molecule has 0 spiro atoms. The summed E-state index contributed by atoms with van der Waals surface area (Å²) in [6.07, 6.45) is 0.194. The summed E-state index contributed by atoms with van der Waals surface area (Å²) in [6.45, 7) is 12.0. The van der Waals surface area contributed by atoms with Crippen LogP contribution in [0.4, 0.5) is 0 Å². The highest BCUT2D eigenvalue weighted by atomic mass is 32.1. The summed E-state index contributed by atoms with van der Waals surface area (Å²) >= 11 is 1.58. The predicted molar refractivity (Wildman–Crippen MR) is 87.0 cm³/mol. The Kier molecular flexibility index (Phi) is 4.71. The van der Waals surface area contributed by atoms with Crippen LogP contribution in [-0.4, -0.2) is 36.4 Å². The van der Waals surface area contributed by atoms with E-state index >= 15 is 0 Å². The van der Waals surface area contributed by atoms with E-state index < -0.39 is 18.3 Å². The van der Waals surface area contributed by atoms with Crippen LogP contribution in [0.3, 0.4) is 0 Å². The van der Waals surface area contributed by atoms with Crippen LogP contribution in [0.2, 0.25) is 0 Å². The molecular weight excluding hydrogens is 301 g/mol. The van der Waals surface area contributed by atoms with Gasteiger partial charge in [-0.1, -0.05) is 0 Å². The average Bonchev–Trinajstić information content (AvgIpc) is 2.83. The fourth-order valence-electron chi connectivity index (χ4n) is 2.27.